The predicted octanol–water partition coefficient (Wildman–Crippen LogP) is 4.89. The third-order valence-electron chi connectivity index (χ3n) is 5.57. The number of piperidine rings is 1. The summed E-state index contributed by atoms with van der Waals surface area (Å²) in [5.41, 5.74) is 3.89. The molecule has 2 aliphatic rings. The van der Waals surface area contributed by atoms with Gasteiger partial charge in [0.05, 0.1) is 0 Å². The Morgan fingerprint density at radius 3 is 2.48 bits per heavy atom. The molecule has 138 valence electrons. The van der Waals surface area contributed by atoms with Crippen molar-refractivity contribution in [3.8, 4) is 0 Å². The fourth-order valence-corrected chi connectivity index (χ4v) is 4.06. The summed E-state index contributed by atoms with van der Waals surface area (Å²) >= 11 is 0. The van der Waals surface area contributed by atoms with Gasteiger partial charge in [0.25, 0.3) is 0 Å². The number of rotatable bonds is 1. The summed E-state index contributed by atoms with van der Waals surface area (Å²) in [5.74, 6) is 0.541. The molecule has 3 rings (SSSR count). The van der Waals surface area contributed by atoms with E-state index in [9.17, 15) is 4.79 Å². The molecule has 4 heteroatoms. The molecule has 0 saturated carbocycles. The van der Waals surface area contributed by atoms with Crippen LogP contribution in [-0.2, 0) is 10.2 Å². The fourth-order valence-electron chi connectivity index (χ4n) is 4.06. The smallest absolute Gasteiger partial charge is 0.410 e. The summed E-state index contributed by atoms with van der Waals surface area (Å²) in [4.78, 5) is 14.2. The number of benzene rings is 1. The molecule has 0 bridgehead atoms. The highest BCUT2D eigenvalue weighted by Crippen LogP contribution is 2.45. The SMILES string of the molecule is CC(C)c1ccc2c(c1)NCCC21CCN(C(=O)OC(C)(C)C)CC1. The van der Waals surface area contributed by atoms with Gasteiger partial charge < -0.3 is 15.0 Å². The van der Waals surface area contributed by atoms with Crippen LogP contribution in [0.1, 0.15) is 70.9 Å². The summed E-state index contributed by atoms with van der Waals surface area (Å²) in [6.45, 7) is 12.8. The van der Waals surface area contributed by atoms with Gasteiger partial charge in [0.2, 0.25) is 0 Å². The molecule has 1 aromatic carbocycles. The van der Waals surface area contributed by atoms with Gasteiger partial charge in [-0.15, -0.1) is 0 Å². The summed E-state index contributed by atoms with van der Waals surface area (Å²) in [5, 5.41) is 3.59. The maximum absolute atomic E-state index is 12.3. The number of nitrogens with zero attached hydrogens (tertiary/aromatic N) is 1. The van der Waals surface area contributed by atoms with Crippen LogP contribution in [0.3, 0.4) is 0 Å². The normalized spacial score (nSPS) is 19.5. The van der Waals surface area contributed by atoms with E-state index >= 15 is 0 Å². The second-order valence-electron chi connectivity index (χ2n) is 8.88. The highest BCUT2D eigenvalue weighted by Gasteiger charge is 2.41. The lowest BCUT2D eigenvalue weighted by Crippen LogP contribution is -2.48. The lowest BCUT2D eigenvalue weighted by molar-refractivity contribution is 0.0159. The molecule has 0 aromatic heterocycles. The van der Waals surface area contributed by atoms with Gasteiger partial charge >= 0.3 is 6.09 Å². The van der Waals surface area contributed by atoms with E-state index in [1.807, 2.05) is 25.7 Å². The van der Waals surface area contributed by atoms with Gasteiger partial charge in [-0.1, -0.05) is 26.0 Å². The molecule has 1 fully saturated rings. The van der Waals surface area contributed by atoms with Gasteiger partial charge in [-0.3, -0.25) is 0 Å². The predicted molar refractivity (Wildman–Crippen MR) is 102 cm³/mol. The molecule has 0 unspecified atom stereocenters. The molecule has 2 heterocycles. The van der Waals surface area contributed by atoms with Crippen molar-refractivity contribution in [2.45, 2.75) is 70.8 Å². The van der Waals surface area contributed by atoms with E-state index in [0.717, 1.165) is 38.9 Å². The maximum atomic E-state index is 12.3. The highest BCUT2D eigenvalue weighted by molar-refractivity contribution is 5.68. The lowest BCUT2D eigenvalue weighted by atomic mass is 9.68. The zero-order chi connectivity index (χ0) is 18.2. The van der Waals surface area contributed by atoms with E-state index in [1.54, 1.807) is 0 Å². The minimum Gasteiger partial charge on any atom is -0.444 e. The Bertz CT molecular complexity index is 638. The van der Waals surface area contributed by atoms with Crippen molar-refractivity contribution in [3.63, 3.8) is 0 Å². The van der Waals surface area contributed by atoms with E-state index in [4.69, 9.17) is 4.74 Å². The number of nitrogens with one attached hydrogen (secondary N) is 1. The third kappa shape index (κ3) is 3.78. The summed E-state index contributed by atoms with van der Waals surface area (Å²) in [6, 6.07) is 6.92. The van der Waals surface area contributed by atoms with Gasteiger partial charge in [-0.2, -0.15) is 0 Å². The number of hydrogen-bond acceptors (Lipinski definition) is 3. The van der Waals surface area contributed by atoms with Gasteiger partial charge in [0.15, 0.2) is 0 Å². The van der Waals surface area contributed by atoms with Crippen molar-refractivity contribution in [1.82, 2.24) is 4.90 Å². The topological polar surface area (TPSA) is 41.6 Å². The van der Waals surface area contributed by atoms with Crippen molar-refractivity contribution < 1.29 is 9.53 Å². The van der Waals surface area contributed by atoms with Gasteiger partial charge in [-0.05, 0) is 63.1 Å². The minimum absolute atomic E-state index is 0.174. The lowest BCUT2D eigenvalue weighted by Gasteiger charge is -2.45. The Labute approximate surface area is 151 Å². The molecule has 0 atom stereocenters. The summed E-state index contributed by atoms with van der Waals surface area (Å²) in [7, 11) is 0. The summed E-state index contributed by atoms with van der Waals surface area (Å²) < 4.78 is 5.54. The second-order valence-corrected chi connectivity index (χ2v) is 8.88. The Balaban J connectivity index is 1.75. The number of anilines is 1. The quantitative estimate of drug-likeness (QED) is 0.788. The van der Waals surface area contributed by atoms with Crippen molar-refractivity contribution in [2.24, 2.45) is 0 Å². The van der Waals surface area contributed by atoms with Crippen LogP contribution in [0.4, 0.5) is 10.5 Å². The maximum Gasteiger partial charge on any atom is 0.410 e. The minimum atomic E-state index is -0.430. The number of carbonyl (C=O) groups excluding carboxylic acids is 1. The zero-order valence-electron chi connectivity index (χ0n) is 16.3. The molecular formula is C21H32N2O2. The van der Waals surface area contributed by atoms with Crippen LogP contribution in [-0.4, -0.2) is 36.2 Å². The van der Waals surface area contributed by atoms with Crippen LogP contribution in [0.25, 0.3) is 0 Å². The average molecular weight is 344 g/mol. The molecule has 0 radical (unpaired) electrons. The van der Waals surface area contributed by atoms with Crippen molar-refractivity contribution in [1.29, 1.82) is 0 Å². The fraction of sp³-hybridized carbons (Fsp3) is 0.667. The molecule has 1 amide bonds. The van der Waals surface area contributed by atoms with E-state index in [1.165, 1.54) is 16.8 Å². The molecule has 1 aromatic rings. The molecule has 4 nitrogen and oxygen atoms in total. The average Bonchev–Trinajstić information content (AvgIpc) is 2.54. The largest absolute Gasteiger partial charge is 0.444 e. The Kier molecular flexibility index (Phi) is 4.74. The Morgan fingerprint density at radius 1 is 1.20 bits per heavy atom. The van der Waals surface area contributed by atoms with Crippen molar-refractivity contribution in [3.05, 3.63) is 29.3 Å². The number of likely N-dealkylation sites (tertiary alicyclic amines) is 1. The second kappa shape index (κ2) is 6.54. The van der Waals surface area contributed by atoms with Crippen LogP contribution in [0, 0.1) is 0 Å². The molecule has 1 saturated heterocycles. The number of amides is 1. The molecule has 1 spiro atoms. The first-order valence-electron chi connectivity index (χ1n) is 9.56. The van der Waals surface area contributed by atoms with Crippen LogP contribution in [0.5, 0.6) is 0 Å². The van der Waals surface area contributed by atoms with Crippen molar-refractivity contribution >= 4 is 11.8 Å². The first-order chi connectivity index (χ1) is 11.7. The first kappa shape index (κ1) is 18.1. The molecule has 25 heavy (non-hydrogen) atoms. The molecular weight excluding hydrogens is 312 g/mol. The molecule has 2 aliphatic heterocycles. The van der Waals surface area contributed by atoms with Crippen molar-refractivity contribution in [2.75, 3.05) is 25.0 Å². The number of ether oxygens (including phenoxy) is 1. The molecule has 1 N–H and O–H groups in total. The first-order valence-corrected chi connectivity index (χ1v) is 9.56. The zero-order valence-corrected chi connectivity index (χ0v) is 16.3. The van der Waals surface area contributed by atoms with Crippen LogP contribution in [0.2, 0.25) is 0 Å². The highest BCUT2D eigenvalue weighted by atomic mass is 16.6. The summed E-state index contributed by atoms with van der Waals surface area (Å²) in [6.07, 6.45) is 3.00. The monoisotopic (exact) mass is 344 g/mol. The van der Waals surface area contributed by atoms with Crippen LogP contribution in [0.15, 0.2) is 18.2 Å². The van der Waals surface area contributed by atoms with E-state index in [-0.39, 0.29) is 11.5 Å². The standard InChI is InChI=1S/C21H32N2O2/c1-15(2)16-6-7-17-18(14-16)22-11-8-21(17)9-12-23(13-10-21)19(24)25-20(3,4)5/h6-7,14-15,22H,8-13H2,1-5H3. The van der Waals surface area contributed by atoms with E-state index in [0.29, 0.717) is 5.92 Å². The number of carbonyl (C=O) groups is 1. The molecule has 0 aliphatic carbocycles. The Morgan fingerprint density at radius 2 is 1.88 bits per heavy atom. The Hall–Kier alpha value is -1.71. The number of fused-ring (bicyclic) bond motifs is 2. The van der Waals surface area contributed by atoms with Gasteiger partial charge in [0.1, 0.15) is 5.60 Å². The third-order valence-corrected chi connectivity index (χ3v) is 5.57. The van der Waals surface area contributed by atoms with Gasteiger partial charge in [0, 0.05) is 30.7 Å². The van der Waals surface area contributed by atoms with Crippen LogP contribution >= 0.6 is 0 Å². The van der Waals surface area contributed by atoms with E-state index in [2.05, 4.69) is 37.4 Å². The number of hydrogen-bond donors (Lipinski definition) is 1. The van der Waals surface area contributed by atoms with Gasteiger partial charge in [-0.25, -0.2) is 4.79 Å². The van der Waals surface area contributed by atoms with E-state index < -0.39 is 5.60 Å². The van der Waals surface area contributed by atoms with Crippen LogP contribution < -0.4 is 5.32 Å².